The second kappa shape index (κ2) is 4.76. The number of carboxylic acid groups (broad SMARTS) is 1. The molecule has 1 aromatic rings. The molecule has 1 aliphatic rings. The van der Waals surface area contributed by atoms with Crippen molar-refractivity contribution in [3.8, 4) is 5.75 Å². The maximum Gasteiger partial charge on any atom is 0.314 e. The Morgan fingerprint density at radius 3 is 2.72 bits per heavy atom. The van der Waals surface area contributed by atoms with E-state index in [-0.39, 0.29) is 0 Å². The first kappa shape index (κ1) is 13.1. The average Bonchev–Trinajstić information content (AvgIpc) is 3.08. The maximum atomic E-state index is 11.3. The van der Waals surface area contributed by atoms with Crippen molar-refractivity contribution in [2.24, 2.45) is 0 Å². The molecule has 0 bridgehead atoms. The maximum absolute atomic E-state index is 11.3. The fourth-order valence-corrected chi connectivity index (χ4v) is 2.67. The largest absolute Gasteiger partial charge is 0.488 e. The first-order valence-electron chi connectivity index (χ1n) is 5.77. The van der Waals surface area contributed by atoms with E-state index in [1.165, 1.54) is 0 Å². The molecule has 0 amide bonds. The van der Waals surface area contributed by atoms with Gasteiger partial charge in [-0.15, -0.1) is 0 Å². The van der Waals surface area contributed by atoms with Gasteiger partial charge >= 0.3 is 5.97 Å². The summed E-state index contributed by atoms with van der Waals surface area (Å²) in [6.07, 6.45) is 1.37. The highest BCUT2D eigenvalue weighted by Gasteiger charge is 2.53. The molecule has 0 heterocycles. The van der Waals surface area contributed by atoms with E-state index in [1.54, 1.807) is 0 Å². The quantitative estimate of drug-likeness (QED) is 0.846. The van der Waals surface area contributed by atoms with Crippen molar-refractivity contribution < 1.29 is 14.6 Å². The normalized spacial score (nSPS) is 16.1. The van der Waals surface area contributed by atoms with Crippen LogP contribution in [0.1, 0.15) is 25.3 Å². The van der Waals surface area contributed by atoms with Gasteiger partial charge in [-0.1, -0.05) is 18.7 Å². The molecule has 0 saturated heterocycles. The van der Waals surface area contributed by atoms with Gasteiger partial charge in [-0.25, -0.2) is 0 Å². The Labute approximate surface area is 115 Å². The monoisotopic (exact) mass is 310 g/mol. The van der Waals surface area contributed by atoms with Crippen LogP contribution in [-0.2, 0) is 10.2 Å². The molecule has 0 aromatic heterocycles. The molecule has 3 nitrogen and oxygen atoms in total. The highest BCUT2D eigenvalue weighted by Crippen LogP contribution is 2.52. The van der Waals surface area contributed by atoms with E-state index in [0.29, 0.717) is 25.2 Å². The summed E-state index contributed by atoms with van der Waals surface area (Å²) in [4.78, 5) is 11.3. The van der Waals surface area contributed by atoms with Crippen molar-refractivity contribution in [2.45, 2.75) is 25.2 Å². The van der Waals surface area contributed by atoms with Crippen molar-refractivity contribution in [3.63, 3.8) is 0 Å². The molecule has 0 radical (unpaired) electrons. The Morgan fingerprint density at radius 2 is 2.22 bits per heavy atom. The van der Waals surface area contributed by atoms with Crippen LogP contribution in [0.15, 0.2) is 34.8 Å². The molecule has 2 rings (SSSR count). The van der Waals surface area contributed by atoms with Gasteiger partial charge in [0.2, 0.25) is 0 Å². The lowest BCUT2D eigenvalue weighted by molar-refractivity contribution is -0.140. The summed E-state index contributed by atoms with van der Waals surface area (Å²) >= 11 is 3.46. The van der Waals surface area contributed by atoms with Gasteiger partial charge in [0.15, 0.2) is 0 Å². The Morgan fingerprint density at radius 1 is 1.56 bits per heavy atom. The number of hydrogen-bond acceptors (Lipinski definition) is 2. The van der Waals surface area contributed by atoms with Crippen LogP contribution in [0.3, 0.4) is 0 Å². The van der Waals surface area contributed by atoms with E-state index in [9.17, 15) is 9.90 Å². The van der Waals surface area contributed by atoms with Crippen molar-refractivity contribution in [1.82, 2.24) is 0 Å². The van der Waals surface area contributed by atoms with Gasteiger partial charge in [0.25, 0.3) is 0 Å². The Kier molecular flexibility index (Phi) is 3.48. The number of carboxylic acids is 1. The minimum absolute atomic E-state index is 0.433. The zero-order chi connectivity index (χ0) is 13.3. The molecule has 18 heavy (non-hydrogen) atoms. The lowest BCUT2D eigenvalue weighted by Crippen LogP contribution is -2.20. The number of halogens is 1. The van der Waals surface area contributed by atoms with Gasteiger partial charge in [-0.3, -0.25) is 4.79 Å². The molecular formula is C14H15BrO3. The molecule has 1 N–H and O–H groups in total. The lowest BCUT2D eigenvalue weighted by atomic mass is 9.96. The number of rotatable bonds is 5. The van der Waals surface area contributed by atoms with Crippen LogP contribution in [0.5, 0.6) is 5.75 Å². The second-order valence-electron chi connectivity index (χ2n) is 4.75. The van der Waals surface area contributed by atoms with E-state index in [4.69, 9.17) is 4.74 Å². The third-order valence-corrected chi connectivity index (χ3v) is 3.93. The Hall–Kier alpha value is -1.29. The summed E-state index contributed by atoms with van der Waals surface area (Å²) in [5.74, 6) is -0.0942. The third-order valence-electron chi connectivity index (χ3n) is 3.11. The fourth-order valence-electron chi connectivity index (χ4n) is 1.92. The van der Waals surface area contributed by atoms with E-state index in [0.717, 1.165) is 15.6 Å². The number of ether oxygens (including phenoxy) is 1. The number of aliphatic carboxylic acids is 1. The molecule has 1 aromatic carbocycles. The van der Waals surface area contributed by atoms with E-state index >= 15 is 0 Å². The first-order chi connectivity index (χ1) is 8.47. The van der Waals surface area contributed by atoms with E-state index in [2.05, 4.69) is 22.5 Å². The summed E-state index contributed by atoms with van der Waals surface area (Å²) in [5, 5.41) is 9.31. The van der Waals surface area contributed by atoms with Crippen LogP contribution in [0, 0.1) is 0 Å². The van der Waals surface area contributed by atoms with E-state index < -0.39 is 11.4 Å². The molecule has 0 spiro atoms. The molecule has 1 fully saturated rings. The minimum atomic E-state index is -0.764. The number of hydrogen-bond donors (Lipinski definition) is 1. The van der Waals surface area contributed by atoms with Crippen LogP contribution in [0.4, 0.5) is 0 Å². The zero-order valence-electron chi connectivity index (χ0n) is 10.2. The summed E-state index contributed by atoms with van der Waals surface area (Å²) in [5.41, 5.74) is 1.00. The van der Waals surface area contributed by atoms with Crippen LogP contribution < -0.4 is 4.74 Å². The molecular weight excluding hydrogens is 296 g/mol. The van der Waals surface area contributed by atoms with Crippen LogP contribution in [0.25, 0.3) is 0 Å². The van der Waals surface area contributed by atoms with Crippen molar-refractivity contribution >= 4 is 21.9 Å². The molecule has 1 aliphatic carbocycles. The second-order valence-corrected chi connectivity index (χ2v) is 5.54. The highest BCUT2D eigenvalue weighted by molar-refractivity contribution is 9.10. The number of carbonyl (C=O) groups is 1. The predicted octanol–water partition coefficient (Wildman–Crippen LogP) is 3.52. The molecule has 1 saturated carbocycles. The van der Waals surface area contributed by atoms with Crippen molar-refractivity contribution in [3.05, 3.63) is 40.4 Å². The van der Waals surface area contributed by atoms with E-state index in [1.807, 2.05) is 25.1 Å². The summed E-state index contributed by atoms with van der Waals surface area (Å²) < 4.78 is 6.34. The molecule has 0 atom stereocenters. The third kappa shape index (κ3) is 2.29. The molecule has 4 heteroatoms. The van der Waals surface area contributed by atoms with Crippen LogP contribution in [-0.4, -0.2) is 17.7 Å². The Bertz CT molecular complexity index is 504. The van der Waals surface area contributed by atoms with Gasteiger partial charge in [-0.2, -0.15) is 0 Å². The standard InChI is InChI=1S/C14H15BrO3/c1-9(2)8-18-11-5-3-4-10(12(11)15)14(6-7-14)13(16)17/h3-5H,1,6-8H2,2H3,(H,16,17). The summed E-state index contributed by atoms with van der Waals surface area (Å²) in [6.45, 7) is 6.10. The highest BCUT2D eigenvalue weighted by atomic mass is 79.9. The van der Waals surface area contributed by atoms with Crippen molar-refractivity contribution in [1.29, 1.82) is 0 Å². The lowest BCUT2D eigenvalue weighted by Gasteiger charge is -2.15. The van der Waals surface area contributed by atoms with Gasteiger partial charge in [0.05, 0.1) is 9.89 Å². The summed E-state index contributed by atoms with van der Waals surface area (Å²) in [7, 11) is 0. The first-order valence-corrected chi connectivity index (χ1v) is 6.56. The topological polar surface area (TPSA) is 46.5 Å². The number of benzene rings is 1. The van der Waals surface area contributed by atoms with Crippen LogP contribution in [0.2, 0.25) is 0 Å². The average molecular weight is 311 g/mol. The SMILES string of the molecule is C=C(C)COc1cccc(C2(C(=O)O)CC2)c1Br. The molecule has 96 valence electrons. The molecule has 0 unspecified atom stereocenters. The van der Waals surface area contributed by atoms with Gasteiger partial charge in [-0.05, 0) is 52.9 Å². The van der Waals surface area contributed by atoms with Gasteiger partial charge in [0.1, 0.15) is 12.4 Å². The van der Waals surface area contributed by atoms with Crippen molar-refractivity contribution in [2.75, 3.05) is 6.61 Å². The molecule has 0 aliphatic heterocycles. The predicted molar refractivity (Wildman–Crippen MR) is 73.0 cm³/mol. The van der Waals surface area contributed by atoms with Gasteiger partial charge in [0, 0.05) is 0 Å². The summed E-state index contributed by atoms with van der Waals surface area (Å²) in [6, 6.07) is 5.50. The van der Waals surface area contributed by atoms with Gasteiger partial charge < -0.3 is 9.84 Å². The smallest absolute Gasteiger partial charge is 0.314 e. The fraction of sp³-hybridized carbons (Fsp3) is 0.357. The van der Waals surface area contributed by atoms with Crippen LogP contribution >= 0.6 is 15.9 Å². The Balaban J connectivity index is 2.31. The zero-order valence-corrected chi connectivity index (χ0v) is 11.8. The minimum Gasteiger partial charge on any atom is -0.488 e.